The summed E-state index contributed by atoms with van der Waals surface area (Å²) in [6.45, 7) is 2.54. The number of benzene rings is 3. The highest BCUT2D eigenvalue weighted by Gasteiger charge is 2.16. The molecule has 0 atom stereocenters. The smallest absolute Gasteiger partial charge is 0.142 e. The molecular formula is C24H19N3O. The van der Waals surface area contributed by atoms with Crippen molar-refractivity contribution < 1.29 is 4.84 Å². The van der Waals surface area contributed by atoms with Crippen molar-refractivity contribution in [3.05, 3.63) is 96.2 Å². The third kappa shape index (κ3) is 2.89. The Kier molecular flexibility index (Phi) is 4.02. The van der Waals surface area contributed by atoms with E-state index in [-0.39, 0.29) is 0 Å². The fraction of sp³-hybridized carbons (Fsp3) is 0.0833. The van der Waals surface area contributed by atoms with E-state index in [0.717, 1.165) is 38.6 Å². The highest BCUT2D eigenvalue weighted by Crippen LogP contribution is 2.32. The lowest BCUT2D eigenvalue weighted by atomic mass is 10.0. The second-order valence-corrected chi connectivity index (χ2v) is 6.89. The summed E-state index contributed by atoms with van der Waals surface area (Å²) in [5.41, 5.74) is 6.18. The zero-order valence-corrected chi connectivity index (χ0v) is 15.5. The van der Waals surface area contributed by atoms with Crippen LogP contribution in [-0.4, -0.2) is 14.9 Å². The van der Waals surface area contributed by atoms with Gasteiger partial charge in [0.15, 0.2) is 0 Å². The first-order chi connectivity index (χ1) is 13.8. The average molecular weight is 365 g/mol. The van der Waals surface area contributed by atoms with E-state index in [1.54, 1.807) is 4.85 Å². The molecule has 2 heterocycles. The van der Waals surface area contributed by atoms with Crippen molar-refractivity contribution >= 4 is 21.8 Å². The molecular weight excluding hydrogens is 346 g/mol. The summed E-state index contributed by atoms with van der Waals surface area (Å²) >= 11 is 0. The van der Waals surface area contributed by atoms with Gasteiger partial charge in [0.1, 0.15) is 12.1 Å². The van der Waals surface area contributed by atoms with E-state index in [1.165, 1.54) is 5.56 Å². The number of aromatic nitrogens is 3. The van der Waals surface area contributed by atoms with Crippen LogP contribution in [-0.2, 0) is 6.61 Å². The van der Waals surface area contributed by atoms with Crippen molar-refractivity contribution in [2.24, 2.45) is 0 Å². The molecule has 0 saturated heterocycles. The number of para-hydroxylation sites is 1. The zero-order valence-electron chi connectivity index (χ0n) is 15.5. The maximum absolute atomic E-state index is 6.05. The minimum Gasteiger partial charge on any atom is -0.391 e. The summed E-state index contributed by atoms with van der Waals surface area (Å²) in [7, 11) is 0. The van der Waals surface area contributed by atoms with Crippen LogP contribution in [0.1, 0.15) is 11.1 Å². The molecule has 0 radical (unpaired) electrons. The van der Waals surface area contributed by atoms with E-state index in [9.17, 15) is 0 Å². The van der Waals surface area contributed by atoms with Crippen LogP contribution in [0.2, 0.25) is 0 Å². The van der Waals surface area contributed by atoms with Crippen LogP contribution < -0.4 is 4.84 Å². The molecule has 2 aromatic heterocycles. The van der Waals surface area contributed by atoms with Crippen LogP contribution in [0.5, 0.6) is 0 Å². The molecule has 0 aliphatic heterocycles. The van der Waals surface area contributed by atoms with Crippen molar-refractivity contribution in [1.29, 1.82) is 0 Å². The Balaban J connectivity index is 1.69. The number of pyridine rings is 1. The Bertz CT molecular complexity index is 1280. The molecule has 5 rings (SSSR count). The third-order valence-electron chi connectivity index (χ3n) is 4.87. The molecule has 5 aromatic rings. The first kappa shape index (κ1) is 16.5. The molecule has 0 N–H and O–H groups in total. The SMILES string of the molecule is Cc1cccc(-c2nc3ccccc3c3c2cnn3OCc2ccccc2)c1. The molecule has 0 aliphatic carbocycles. The monoisotopic (exact) mass is 365 g/mol. The molecule has 0 saturated carbocycles. The maximum atomic E-state index is 6.05. The average Bonchev–Trinajstić information content (AvgIpc) is 3.17. The van der Waals surface area contributed by atoms with E-state index < -0.39 is 0 Å². The molecule has 28 heavy (non-hydrogen) atoms. The molecule has 0 bridgehead atoms. The van der Waals surface area contributed by atoms with Crippen molar-refractivity contribution in [2.75, 3.05) is 0 Å². The predicted octanol–water partition coefficient (Wildman–Crippen LogP) is 5.19. The minimum atomic E-state index is 0.452. The number of aryl methyl sites for hydroxylation is 1. The summed E-state index contributed by atoms with van der Waals surface area (Å²) in [5, 5.41) is 6.53. The van der Waals surface area contributed by atoms with Gasteiger partial charge < -0.3 is 4.84 Å². The van der Waals surface area contributed by atoms with E-state index in [4.69, 9.17) is 9.82 Å². The number of fused-ring (bicyclic) bond motifs is 3. The molecule has 0 aliphatic rings. The van der Waals surface area contributed by atoms with Gasteiger partial charge in [0.2, 0.25) is 0 Å². The van der Waals surface area contributed by atoms with Gasteiger partial charge in [-0.25, -0.2) is 4.98 Å². The fourth-order valence-corrected chi connectivity index (χ4v) is 3.53. The van der Waals surface area contributed by atoms with Crippen LogP contribution in [0.25, 0.3) is 33.1 Å². The third-order valence-corrected chi connectivity index (χ3v) is 4.87. The Morgan fingerprint density at radius 1 is 0.857 bits per heavy atom. The fourth-order valence-electron chi connectivity index (χ4n) is 3.53. The molecule has 0 fully saturated rings. The highest BCUT2D eigenvalue weighted by atomic mass is 16.7. The zero-order chi connectivity index (χ0) is 18.9. The van der Waals surface area contributed by atoms with E-state index in [2.05, 4.69) is 42.4 Å². The van der Waals surface area contributed by atoms with E-state index in [0.29, 0.717) is 6.61 Å². The van der Waals surface area contributed by atoms with Gasteiger partial charge >= 0.3 is 0 Å². The van der Waals surface area contributed by atoms with Gasteiger partial charge in [0.05, 0.1) is 22.8 Å². The van der Waals surface area contributed by atoms with Crippen LogP contribution in [0.4, 0.5) is 0 Å². The first-order valence-electron chi connectivity index (χ1n) is 9.30. The predicted molar refractivity (Wildman–Crippen MR) is 112 cm³/mol. The summed E-state index contributed by atoms with van der Waals surface area (Å²) in [6.07, 6.45) is 1.84. The van der Waals surface area contributed by atoms with E-state index in [1.807, 2.05) is 54.7 Å². The van der Waals surface area contributed by atoms with Gasteiger partial charge in [-0.15, -0.1) is 5.10 Å². The lowest BCUT2D eigenvalue weighted by Gasteiger charge is -2.10. The Morgan fingerprint density at radius 3 is 2.54 bits per heavy atom. The van der Waals surface area contributed by atoms with E-state index >= 15 is 0 Å². The normalized spacial score (nSPS) is 11.2. The van der Waals surface area contributed by atoms with Crippen molar-refractivity contribution in [3.8, 4) is 11.3 Å². The quantitative estimate of drug-likeness (QED) is 0.440. The lowest BCUT2D eigenvalue weighted by Crippen LogP contribution is -2.12. The van der Waals surface area contributed by atoms with Crippen molar-refractivity contribution in [1.82, 2.24) is 14.9 Å². The summed E-state index contributed by atoms with van der Waals surface area (Å²) in [4.78, 5) is 12.6. The molecule has 4 heteroatoms. The summed E-state index contributed by atoms with van der Waals surface area (Å²) in [5.74, 6) is 0. The van der Waals surface area contributed by atoms with Gasteiger partial charge in [0, 0.05) is 10.9 Å². The van der Waals surface area contributed by atoms with Gasteiger partial charge in [-0.2, -0.15) is 0 Å². The molecule has 0 amide bonds. The summed E-state index contributed by atoms with van der Waals surface area (Å²) < 4.78 is 0. The lowest BCUT2D eigenvalue weighted by molar-refractivity contribution is 0.0799. The molecule has 0 unspecified atom stereocenters. The minimum absolute atomic E-state index is 0.452. The van der Waals surface area contributed by atoms with Crippen LogP contribution in [0.15, 0.2) is 85.1 Å². The second kappa shape index (κ2) is 6.82. The number of hydrogen-bond acceptors (Lipinski definition) is 3. The second-order valence-electron chi connectivity index (χ2n) is 6.89. The highest BCUT2D eigenvalue weighted by molar-refractivity contribution is 6.08. The molecule has 3 aromatic carbocycles. The number of hydrogen-bond donors (Lipinski definition) is 0. The molecule has 0 spiro atoms. The number of rotatable bonds is 4. The topological polar surface area (TPSA) is 39.9 Å². The van der Waals surface area contributed by atoms with Crippen LogP contribution in [0, 0.1) is 6.92 Å². The van der Waals surface area contributed by atoms with Crippen LogP contribution >= 0.6 is 0 Å². The standard InChI is InChI=1S/C24H19N3O/c1-17-8-7-11-19(14-17)23-21-15-25-27(28-16-18-9-3-2-4-10-18)24(21)20-12-5-6-13-22(20)26-23/h2-15H,16H2,1H3. The molecule has 4 nitrogen and oxygen atoms in total. The van der Waals surface area contributed by atoms with Crippen molar-refractivity contribution in [2.45, 2.75) is 13.5 Å². The Hall–Kier alpha value is -3.66. The molecule has 136 valence electrons. The maximum Gasteiger partial charge on any atom is 0.142 e. The Labute approximate surface area is 163 Å². The van der Waals surface area contributed by atoms with Crippen molar-refractivity contribution in [3.63, 3.8) is 0 Å². The first-order valence-corrected chi connectivity index (χ1v) is 9.30. The Morgan fingerprint density at radius 2 is 1.68 bits per heavy atom. The van der Waals surface area contributed by atoms with Crippen LogP contribution in [0.3, 0.4) is 0 Å². The van der Waals surface area contributed by atoms with Gasteiger partial charge in [-0.1, -0.05) is 77.1 Å². The summed E-state index contributed by atoms with van der Waals surface area (Å²) in [6, 6.07) is 26.6. The van der Waals surface area contributed by atoms with Gasteiger partial charge in [0.25, 0.3) is 0 Å². The number of nitrogens with zero attached hydrogens (tertiary/aromatic N) is 3. The van der Waals surface area contributed by atoms with Gasteiger partial charge in [-0.05, 0) is 24.6 Å². The van der Waals surface area contributed by atoms with Gasteiger partial charge in [-0.3, -0.25) is 0 Å². The largest absolute Gasteiger partial charge is 0.391 e.